The van der Waals surface area contributed by atoms with Gasteiger partial charge in [0, 0.05) is 5.56 Å². The molecule has 1 aliphatic heterocycles. The van der Waals surface area contributed by atoms with Crippen LogP contribution in [0.3, 0.4) is 0 Å². The van der Waals surface area contributed by atoms with Crippen molar-refractivity contribution in [3.05, 3.63) is 65.2 Å². The monoisotopic (exact) mass is 395 g/mol. The number of likely N-dealkylation sites (tertiary alicyclic amines) is 1. The van der Waals surface area contributed by atoms with E-state index in [9.17, 15) is 9.59 Å². The van der Waals surface area contributed by atoms with Crippen LogP contribution >= 0.6 is 11.3 Å². The van der Waals surface area contributed by atoms with Crippen LogP contribution in [0.5, 0.6) is 0 Å². The van der Waals surface area contributed by atoms with Crippen LogP contribution in [0.4, 0.5) is 0 Å². The number of carbonyl (C=O) groups is 2. The standard InChI is InChI=1S/C21H22N4O2S/c26-19(23-24-20(27)15-7-2-1-3-8-15)14-25-12-6-9-16(13-25)21-22-17-10-4-5-11-18(17)28-21/h1-5,7-8,10-11,16H,6,9,12-14H2,(H,23,26)(H,24,27)/p+1/t16-/m0/s1. The Morgan fingerprint density at radius 3 is 2.68 bits per heavy atom. The number of hydrogen-bond acceptors (Lipinski definition) is 4. The summed E-state index contributed by atoms with van der Waals surface area (Å²) < 4.78 is 1.21. The third-order valence-electron chi connectivity index (χ3n) is 5.04. The minimum Gasteiger partial charge on any atom is -0.327 e. The van der Waals surface area contributed by atoms with Crippen LogP contribution in [-0.4, -0.2) is 36.4 Å². The first-order chi connectivity index (χ1) is 13.7. The zero-order valence-electron chi connectivity index (χ0n) is 15.5. The van der Waals surface area contributed by atoms with E-state index in [-0.39, 0.29) is 11.8 Å². The van der Waals surface area contributed by atoms with Gasteiger partial charge in [-0.3, -0.25) is 20.4 Å². The average Bonchev–Trinajstić information content (AvgIpc) is 3.17. The predicted octanol–water partition coefficient (Wildman–Crippen LogP) is 1.52. The van der Waals surface area contributed by atoms with E-state index < -0.39 is 0 Å². The normalized spacial score (nSPS) is 19.3. The number of benzene rings is 2. The first-order valence-electron chi connectivity index (χ1n) is 9.52. The van der Waals surface area contributed by atoms with Crippen LogP contribution in [0.2, 0.25) is 0 Å². The molecule has 1 saturated heterocycles. The molecule has 1 aliphatic rings. The van der Waals surface area contributed by atoms with Crippen LogP contribution in [0.15, 0.2) is 54.6 Å². The van der Waals surface area contributed by atoms with Crippen LogP contribution in [0, 0.1) is 0 Å². The molecule has 2 atom stereocenters. The van der Waals surface area contributed by atoms with E-state index in [2.05, 4.69) is 16.9 Å². The van der Waals surface area contributed by atoms with Crippen molar-refractivity contribution >= 4 is 33.4 Å². The molecule has 3 aromatic rings. The lowest BCUT2D eigenvalue weighted by atomic mass is 9.99. The molecule has 2 aromatic carbocycles. The van der Waals surface area contributed by atoms with Gasteiger partial charge in [-0.15, -0.1) is 11.3 Å². The fourth-order valence-corrected chi connectivity index (χ4v) is 4.75. The van der Waals surface area contributed by atoms with Gasteiger partial charge in [0.05, 0.1) is 29.2 Å². The summed E-state index contributed by atoms with van der Waals surface area (Å²) in [4.78, 5) is 30.3. The highest BCUT2D eigenvalue weighted by atomic mass is 32.1. The van der Waals surface area contributed by atoms with Crippen LogP contribution in [-0.2, 0) is 4.79 Å². The number of hydrogen-bond donors (Lipinski definition) is 3. The zero-order valence-corrected chi connectivity index (χ0v) is 16.3. The molecule has 1 aromatic heterocycles. The maximum atomic E-state index is 12.3. The summed E-state index contributed by atoms with van der Waals surface area (Å²) in [5.74, 6) is -0.105. The average molecular weight is 396 g/mol. The quantitative estimate of drug-likeness (QED) is 0.587. The predicted molar refractivity (Wildman–Crippen MR) is 109 cm³/mol. The van der Waals surface area contributed by atoms with Crippen molar-refractivity contribution in [1.29, 1.82) is 0 Å². The highest BCUT2D eigenvalue weighted by molar-refractivity contribution is 7.18. The van der Waals surface area contributed by atoms with Crippen molar-refractivity contribution in [3.63, 3.8) is 0 Å². The van der Waals surface area contributed by atoms with E-state index in [1.165, 1.54) is 9.60 Å². The number of nitrogens with one attached hydrogen (secondary N) is 3. The van der Waals surface area contributed by atoms with E-state index in [0.29, 0.717) is 18.0 Å². The maximum absolute atomic E-state index is 12.3. The SMILES string of the molecule is O=C(C[NH+]1CCC[C@H](c2nc3ccccc3s2)C1)NNC(=O)c1ccccc1. The van der Waals surface area contributed by atoms with Gasteiger partial charge in [0.25, 0.3) is 11.8 Å². The molecule has 144 valence electrons. The molecule has 28 heavy (non-hydrogen) atoms. The lowest BCUT2D eigenvalue weighted by molar-refractivity contribution is -0.898. The third-order valence-corrected chi connectivity index (χ3v) is 6.24. The highest BCUT2D eigenvalue weighted by Crippen LogP contribution is 2.30. The number of para-hydroxylation sites is 1. The Morgan fingerprint density at radius 1 is 1.07 bits per heavy atom. The zero-order chi connectivity index (χ0) is 19.3. The summed E-state index contributed by atoms with van der Waals surface area (Å²) in [6.07, 6.45) is 2.18. The Kier molecular flexibility index (Phi) is 5.64. The second-order valence-electron chi connectivity index (χ2n) is 7.11. The Balaban J connectivity index is 1.31. The molecule has 0 spiro atoms. The Labute approximate surface area is 167 Å². The topological polar surface area (TPSA) is 75.5 Å². The van der Waals surface area contributed by atoms with Gasteiger partial charge in [0.15, 0.2) is 6.54 Å². The van der Waals surface area contributed by atoms with Crippen molar-refractivity contribution in [2.45, 2.75) is 18.8 Å². The van der Waals surface area contributed by atoms with Gasteiger partial charge in [-0.2, -0.15) is 0 Å². The number of rotatable bonds is 4. The molecule has 7 heteroatoms. The number of fused-ring (bicyclic) bond motifs is 1. The summed E-state index contributed by atoms with van der Waals surface area (Å²) in [7, 11) is 0. The number of amides is 2. The van der Waals surface area contributed by atoms with Crippen molar-refractivity contribution in [2.24, 2.45) is 0 Å². The van der Waals surface area contributed by atoms with Crippen LogP contribution < -0.4 is 15.8 Å². The van der Waals surface area contributed by atoms with Crippen LogP contribution in [0.25, 0.3) is 10.2 Å². The molecular formula is C21H23N4O2S+. The van der Waals surface area contributed by atoms with E-state index in [4.69, 9.17) is 4.98 Å². The number of aromatic nitrogens is 1. The van der Waals surface area contributed by atoms with Gasteiger partial charge in [0.2, 0.25) is 0 Å². The molecule has 0 bridgehead atoms. The number of carbonyl (C=O) groups excluding carboxylic acids is 2. The molecule has 2 amide bonds. The second kappa shape index (κ2) is 8.50. The summed E-state index contributed by atoms with van der Waals surface area (Å²) in [6.45, 7) is 2.19. The molecule has 4 rings (SSSR count). The number of piperidine rings is 1. The van der Waals surface area contributed by atoms with Crippen molar-refractivity contribution < 1.29 is 14.5 Å². The molecule has 1 unspecified atom stereocenters. The Bertz CT molecular complexity index is 940. The smallest absolute Gasteiger partial charge is 0.293 e. The summed E-state index contributed by atoms with van der Waals surface area (Å²) in [5.41, 5.74) is 6.59. The molecular weight excluding hydrogens is 372 g/mol. The fraction of sp³-hybridized carbons (Fsp3) is 0.286. The minimum absolute atomic E-state index is 0.177. The lowest BCUT2D eigenvalue weighted by Crippen LogP contribution is -3.14. The van der Waals surface area contributed by atoms with Crippen molar-refractivity contribution in [1.82, 2.24) is 15.8 Å². The highest BCUT2D eigenvalue weighted by Gasteiger charge is 2.28. The number of thiazole rings is 1. The number of quaternary nitrogens is 1. The van der Waals surface area contributed by atoms with Gasteiger partial charge in [0.1, 0.15) is 5.01 Å². The Hall–Kier alpha value is -2.77. The molecule has 0 radical (unpaired) electrons. The number of hydrazine groups is 1. The molecule has 2 heterocycles. The summed E-state index contributed by atoms with van der Waals surface area (Å²) in [5, 5.41) is 1.16. The largest absolute Gasteiger partial charge is 0.327 e. The van der Waals surface area contributed by atoms with Gasteiger partial charge < -0.3 is 4.90 Å². The van der Waals surface area contributed by atoms with Gasteiger partial charge in [-0.05, 0) is 37.1 Å². The fourth-order valence-electron chi connectivity index (χ4n) is 3.65. The third kappa shape index (κ3) is 4.37. The van der Waals surface area contributed by atoms with Gasteiger partial charge >= 0.3 is 0 Å². The summed E-state index contributed by atoms with van der Waals surface area (Å²) in [6, 6.07) is 17.0. The lowest BCUT2D eigenvalue weighted by Gasteiger charge is -2.28. The summed E-state index contributed by atoms with van der Waals surface area (Å²) >= 11 is 1.75. The molecule has 6 nitrogen and oxygen atoms in total. The minimum atomic E-state index is -0.310. The first kappa shape index (κ1) is 18.6. The second-order valence-corrected chi connectivity index (χ2v) is 8.17. The van der Waals surface area contributed by atoms with E-state index in [0.717, 1.165) is 36.5 Å². The van der Waals surface area contributed by atoms with Gasteiger partial charge in [-0.25, -0.2) is 4.98 Å². The molecule has 0 aliphatic carbocycles. The van der Waals surface area contributed by atoms with Crippen LogP contribution in [0.1, 0.15) is 34.1 Å². The molecule has 3 N–H and O–H groups in total. The number of nitrogens with zero attached hydrogens (tertiary/aromatic N) is 1. The van der Waals surface area contributed by atoms with E-state index in [1.54, 1.807) is 35.6 Å². The van der Waals surface area contributed by atoms with Gasteiger partial charge in [-0.1, -0.05) is 30.3 Å². The van der Waals surface area contributed by atoms with Crippen molar-refractivity contribution in [3.8, 4) is 0 Å². The van der Waals surface area contributed by atoms with E-state index in [1.807, 2.05) is 24.3 Å². The van der Waals surface area contributed by atoms with Crippen molar-refractivity contribution in [2.75, 3.05) is 19.6 Å². The van der Waals surface area contributed by atoms with E-state index >= 15 is 0 Å². The Morgan fingerprint density at radius 2 is 1.86 bits per heavy atom. The molecule has 1 fully saturated rings. The first-order valence-corrected chi connectivity index (χ1v) is 10.3. The molecule has 0 saturated carbocycles. The maximum Gasteiger partial charge on any atom is 0.293 e.